The lowest BCUT2D eigenvalue weighted by molar-refractivity contribution is 0.293. The van der Waals surface area contributed by atoms with Gasteiger partial charge in [0.1, 0.15) is 6.61 Å². The van der Waals surface area contributed by atoms with Gasteiger partial charge in [0, 0.05) is 29.4 Å². The van der Waals surface area contributed by atoms with Crippen LogP contribution in [0.25, 0.3) is 0 Å². The van der Waals surface area contributed by atoms with Crippen LogP contribution in [0.3, 0.4) is 0 Å². The van der Waals surface area contributed by atoms with E-state index in [1.54, 1.807) is 0 Å². The van der Waals surface area contributed by atoms with Crippen molar-refractivity contribution in [3.05, 3.63) is 58.2 Å². The highest BCUT2D eigenvalue weighted by Crippen LogP contribution is 2.15. The summed E-state index contributed by atoms with van der Waals surface area (Å²) in [7, 11) is 0. The van der Waals surface area contributed by atoms with Crippen LogP contribution in [0.15, 0.2) is 36.4 Å². The lowest BCUT2D eigenvalue weighted by Crippen LogP contribution is -2.21. The molecule has 0 radical (unpaired) electrons. The van der Waals surface area contributed by atoms with Crippen molar-refractivity contribution in [1.29, 1.82) is 0 Å². The van der Waals surface area contributed by atoms with E-state index in [9.17, 15) is 0 Å². The highest BCUT2D eigenvalue weighted by Gasteiger charge is 2.03. The van der Waals surface area contributed by atoms with E-state index in [0.717, 1.165) is 22.8 Å². The molecule has 1 heterocycles. The number of halogens is 1. The smallest absolute Gasteiger partial charge is 0.214 e. The molecule has 4 heteroatoms. The van der Waals surface area contributed by atoms with Crippen molar-refractivity contribution in [2.24, 2.45) is 0 Å². The number of ether oxygens (including phenoxy) is 1. The normalized spacial score (nSPS) is 10.9. The van der Waals surface area contributed by atoms with Crippen molar-refractivity contribution in [1.82, 2.24) is 10.3 Å². The summed E-state index contributed by atoms with van der Waals surface area (Å²) < 4.78 is 5.78. The fourth-order valence-corrected chi connectivity index (χ4v) is 2.07. The number of benzene rings is 1. The Morgan fingerprint density at radius 2 is 1.86 bits per heavy atom. The quantitative estimate of drug-likeness (QED) is 0.871. The van der Waals surface area contributed by atoms with Crippen LogP contribution in [0, 0.1) is 6.92 Å². The third kappa shape index (κ3) is 5.37. The number of rotatable bonds is 6. The number of nitrogens with one attached hydrogen (secondary N) is 1. The van der Waals surface area contributed by atoms with Gasteiger partial charge in [0.15, 0.2) is 0 Å². The largest absolute Gasteiger partial charge is 0.473 e. The maximum Gasteiger partial charge on any atom is 0.214 e. The van der Waals surface area contributed by atoms with Crippen LogP contribution < -0.4 is 10.1 Å². The first-order valence-electron chi connectivity index (χ1n) is 7.11. The second kappa shape index (κ2) is 7.43. The van der Waals surface area contributed by atoms with E-state index in [0.29, 0.717) is 18.5 Å². The summed E-state index contributed by atoms with van der Waals surface area (Å²) in [5.41, 5.74) is 3.22. The average molecular weight is 305 g/mol. The fraction of sp³-hybridized carbons (Fsp3) is 0.353. The molecule has 0 aliphatic heterocycles. The van der Waals surface area contributed by atoms with Crippen LogP contribution in [0.1, 0.15) is 30.7 Å². The van der Waals surface area contributed by atoms with Crippen molar-refractivity contribution in [2.75, 3.05) is 0 Å². The Bertz CT molecular complexity index is 582. The van der Waals surface area contributed by atoms with Crippen molar-refractivity contribution in [3.63, 3.8) is 0 Å². The first-order chi connectivity index (χ1) is 10.0. The molecule has 0 bridgehead atoms. The molecule has 112 valence electrons. The molecule has 0 spiro atoms. The standard InChI is InChI=1S/C17H21ClN2O/c1-12(2)19-10-15-8-13(3)20-17(9-15)21-11-14-4-6-16(18)7-5-14/h4-9,12,19H,10-11H2,1-3H3. The molecule has 1 N–H and O–H groups in total. The van der Waals surface area contributed by atoms with Crippen LogP contribution >= 0.6 is 11.6 Å². The molecule has 0 fully saturated rings. The Labute approximate surface area is 131 Å². The molecule has 0 saturated carbocycles. The van der Waals surface area contributed by atoms with E-state index in [1.165, 1.54) is 5.56 Å². The van der Waals surface area contributed by atoms with Gasteiger partial charge in [-0.15, -0.1) is 0 Å². The second-order valence-corrected chi connectivity index (χ2v) is 5.84. The Morgan fingerprint density at radius 3 is 2.52 bits per heavy atom. The number of nitrogens with zero attached hydrogens (tertiary/aromatic N) is 1. The number of hydrogen-bond donors (Lipinski definition) is 1. The molecule has 0 aliphatic rings. The van der Waals surface area contributed by atoms with Gasteiger partial charge in [-0.25, -0.2) is 4.98 Å². The zero-order valence-corrected chi connectivity index (χ0v) is 13.4. The Hall–Kier alpha value is -1.58. The molecule has 0 saturated heterocycles. The minimum absolute atomic E-state index is 0.455. The highest BCUT2D eigenvalue weighted by molar-refractivity contribution is 6.30. The summed E-state index contributed by atoms with van der Waals surface area (Å²) in [4.78, 5) is 4.42. The second-order valence-electron chi connectivity index (χ2n) is 5.41. The van der Waals surface area contributed by atoms with Crippen molar-refractivity contribution in [2.45, 2.75) is 40.0 Å². The maximum absolute atomic E-state index is 5.87. The average Bonchev–Trinajstić information content (AvgIpc) is 2.44. The monoisotopic (exact) mass is 304 g/mol. The van der Waals surface area contributed by atoms with Gasteiger partial charge in [-0.2, -0.15) is 0 Å². The van der Waals surface area contributed by atoms with Crippen LogP contribution in [0.4, 0.5) is 0 Å². The van der Waals surface area contributed by atoms with E-state index in [-0.39, 0.29) is 0 Å². The first kappa shape index (κ1) is 15.8. The zero-order valence-electron chi connectivity index (χ0n) is 12.7. The van der Waals surface area contributed by atoms with Crippen molar-refractivity contribution in [3.8, 4) is 5.88 Å². The number of hydrogen-bond acceptors (Lipinski definition) is 3. The zero-order chi connectivity index (χ0) is 15.2. The maximum atomic E-state index is 5.87. The SMILES string of the molecule is Cc1cc(CNC(C)C)cc(OCc2ccc(Cl)cc2)n1. The van der Waals surface area contributed by atoms with Crippen LogP contribution in [0.2, 0.25) is 5.02 Å². The molecular formula is C17H21ClN2O. The Kier molecular flexibility index (Phi) is 5.59. The molecular weight excluding hydrogens is 284 g/mol. The van der Waals surface area contributed by atoms with E-state index >= 15 is 0 Å². The molecule has 1 aromatic carbocycles. The summed E-state index contributed by atoms with van der Waals surface area (Å²) in [6.45, 7) is 7.55. The van der Waals surface area contributed by atoms with Gasteiger partial charge in [0.2, 0.25) is 5.88 Å². The van der Waals surface area contributed by atoms with Crippen LogP contribution in [-0.2, 0) is 13.2 Å². The summed E-state index contributed by atoms with van der Waals surface area (Å²) in [6, 6.07) is 12.2. The molecule has 0 atom stereocenters. The molecule has 2 aromatic rings. The van der Waals surface area contributed by atoms with Crippen LogP contribution in [0.5, 0.6) is 5.88 Å². The van der Waals surface area contributed by atoms with Gasteiger partial charge < -0.3 is 10.1 Å². The fourth-order valence-electron chi connectivity index (χ4n) is 1.94. The topological polar surface area (TPSA) is 34.1 Å². The molecule has 3 nitrogen and oxygen atoms in total. The van der Waals surface area contributed by atoms with E-state index in [1.807, 2.05) is 37.3 Å². The summed E-state index contributed by atoms with van der Waals surface area (Å²) in [5.74, 6) is 0.658. The third-order valence-corrected chi connectivity index (χ3v) is 3.26. The minimum atomic E-state index is 0.455. The van der Waals surface area contributed by atoms with Gasteiger partial charge in [0.05, 0.1) is 0 Å². The van der Waals surface area contributed by atoms with Gasteiger partial charge >= 0.3 is 0 Å². The Balaban J connectivity index is 2.00. The Morgan fingerprint density at radius 1 is 1.14 bits per heavy atom. The predicted octanol–water partition coefficient (Wildman–Crippen LogP) is 4.12. The molecule has 2 rings (SSSR count). The molecule has 0 aliphatic carbocycles. The van der Waals surface area contributed by atoms with Gasteiger partial charge in [0.25, 0.3) is 0 Å². The summed E-state index contributed by atoms with van der Waals surface area (Å²) in [6.07, 6.45) is 0. The summed E-state index contributed by atoms with van der Waals surface area (Å²) in [5, 5.41) is 4.13. The lowest BCUT2D eigenvalue weighted by atomic mass is 10.2. The van der Waals surface area contributed by atoms with Crippen molar-refractivity contribution < 1.29 is 4.74 Å². The molecule has 0 amide bonds. The highest BCUT2D eigenvalue weighted by atomic mass is 35.5. The predicted molar refractivity (Wildman–Crippen MR) is 86.7 cm³/mol. The van der Waals surface area contributed by atoms with E-state index in [2.05, 4.69) is 30.2 Å². The minimum Gasteiger partial charge on any atom is -0.473 e. The van der Waals surface area contributed by atoms with E-state index in [4.69, 9.17) is 16.3 Å². The number of aromatic nitrogens is 1. The molecule has 0 unspecified atom stereocenters. The molecule has 21 heavy (non-hydrogen) atoms. The van der Waals surface area contributed by atoms with Gasteiger partial charge in [-0.3, -0.25) is 0 Å². The third-order valence-electron chi connectivity index (χ3n) is 3.00. The lowest BCUT2D eigenvalue weighted by Gasteiger charge is -2.11. The van der Waals surface area contributed by atoms with Crippen molar-refractivity contribution >= 4 is 11.6 Å². The number of aryl methyl sites for hydroxylation is 1. The van der Waals surface area contributed by atoms with Crippen LogP contribution in [-0.4, -0.2) is 11.0 Å². The first-order valence-corrected chi connectivity index (χ1v) is 7.49. The van der Waals surface area contributed by atoms with Gasteiger partial charge in [-0.05, 0) is 36.2 Å². The van der Waals surface area contributed by atoms with Gasteiger partial charge in [-0.1, -0.05) is 37.6 Å². The van der Waals surface area contributed by atoms with E-state index < -0.39 is 0 Å². The number of pyridine rings is 1. The summed E-state index contributed by atoms with van der Waals surface area (Å²) >= 11 is 5.87. The molecule has 1 aromatic heterocycles.